The molecular weight excluding hydrogens is 220 g/mol. The Morgan fingerprint density at radius 3 is 2.78 bits per heavy atom. The molecule has 0 spiro atoms. The van der Waals surface area contributed by atoms with E-state index in [0.717, 1.165) is 13.0 Å². The smallest absolute Gasteiger partial charge is 0.0401 e. The van der Waals surface area contributed by atoms with Crippen LogP contribution in [0.15, 0.2) is 24.3 Å². The number of rotatable bonds is 4. The molecule has 0 aliphatic carbocycles. The van der Waals surface area contributed by atoms with Crippen LogP contribution < -0.4 is 10.6 Å². The van der Waals surface area contributed by atoms with Crippen LogP contribution in [0.5, 0.6) is 0 Å². The molecule has 0 amide bonds. The van der Waals surface area contributed by atoms with Crippen LogP contribution in [0.1, 0.15) is 39.2 Å². The zero-order valence-corrected chi connectivity index (χ0v) is 11.9. The molecule has 1 aromatic rings. The van der Waals surface area contributed by atoms with Crippen LogP contribution in [-0.4, -0.2) is 18.6 Å². The van der Waals surface area contributed by atoms with Crippen molar-refractivity contribution in [2.45, 2.75) is 52.1 Å². The lowest BCUT2D eigenvalue weighted by atomic mass is 9.95. The third-order valence-corrected chi connectivity index (χ3v) is 4.22. The van der Waals surface area contributed by atoms with Crippen molar-refractivity contribution in [2.75, 3.05) is 11.4 Å². The molecule has 2 unspecified atom stereocenters. The lowest BCUT2D eigenvalue weighted by molar-refractivity contribution is 0.447. The SMILES string of the molecule is CC(C)C(N)CCN1c2ccccc2CCC1C. The third kappa shape index (κ3) is 2.86. The highest BCUT2D eigenvalue weighted by Gasteiger charge is 2.23. The van der Waals surface area contributed by atoms with E-state index < -0.39 is 0 Å². The maximum Gasteiger partial charge on any atom is 0.0401 e. The van der Waals surface area contributed by atoms with Crippen LogP contribution in [-0.2, 0) is 6.42 Å². The maximum absolute atomic E-state index is 6.17. The van der Waals surface area contributed by atoms with Gasteiger partial charge in [0, 0.05) is 24.3 Å². The van der Waals surface area contributed by atoms with E-state index in [1.54, 1.807) is 0 Å². The van der Waals surface area contributed by atoms with E-state index in [4.69, 9.17) is 5.73 Å². The van der Waals surface area contributed by atoms with Gasteiger partial charge in [-0.1, -0.05) is 32.0 Å². The average Bonchev–Trinajstić information content (AvgIpc) is 2.37. The summed E-state index contributed by atoms with van der Waals surface area (Å²) in [5.41, 5.74) is 9.09. The van der Waals surface area contributed by atoms with Gasteiger partial charge in [-0.15, -0.1) is 0 Å². The Hall–Kier alpha value is -1.02. The first-order valence-corrected chi connectivity index (χ1v) is 7.19. The van der Waals surface area contributed by atoms with Gasteiger partial charge < -0.3 is 10.6 Å². The number of anilines is 1. The second-order valence-electron chi connectivity index (χ2n) is 5.91. The molecule has 0 fully saturated rings. The fourth-order valence-electron chi connectivity index (χ4n) is 2.72. The summed E-state index contributed by atoms with van der Waals surface area (Å²) in [4.78, 5) is 2.54. The van der Waals surface area contributed by atoms with Crippen LogP contribution in [0.4, 0.5) is 5.69 Å². The minimum absolute atomic E-state index is 0.311. The first-order valence-electron chi connectivity index (χ1n) is 7.19. The molecule has 0 saturated heterocycles. The molecule has 2 rings (SSSR count). The monoisotopic (exact) mass is 246 g/mol. The van der Waals surface area contributed by atoms with E-state index in [2.05, 4.69) is 49.9 Å². The molecular formula is C16H26N2. The van der Waals surface area contributed by atoms with Gasteiger partial charge in [-0.3, -0.25) is 0 Å². The minimum Gasteiger partial charge on any atom is -0.369 e. The summed E-state index contributed by atoms with van der Waals surface area (Å²) in [5.74, 6) is 0.570. The predicted octanol–water partition coefficient (Wildman–Crippen LogP) is 3.20. The summed E-state index contributed by atoms with van der Waals surface area (Å²) >= 11 is 0. The molecule has 1 heterocycles. The van der Waals surface area contributed by atoms with Gasteiger partial charge in [0.2, 0.25) is 0 Å². The maximum atomic E-state index is 6.17. The molecule has 2 heteroatoms. The first-order chi connectivity index (χ1) is 8.59. The van der Waals surface area contributed by atoms with Gasteiger partial charge in [-0.05, 0) is 43.7 Å². The molecule has 1 aliphatic heterocycles. The average molecular weight is 246 g/mol. The highest BCUT2D eigenvalue weighted by Crippen LogP contribution is 2.30. The summed E-state index contributed by atoms with van der Waals surface area (Å²) in [5, 5.41) is 0. The van der Waals surface area contributed by atoms with E-state index in [-0.39, 0.29) is 0 Å². The summed E-state index contributed by atoms with van der Waals surface area (Å²) in [7, 11) is 0. The third-order valence-electron chi connectivity index (χ3n) is 4.22. The molecule has 1 aromatic carbocycles. The lowest BCUT2D eigenvalue weighted by Crippen LogP contribution is -2.41. The van der Waals surface area contributed by atoms with Crippen molar-refractivity contribution >= 4 is 5.69 Å². The Labute approximate surface area is 111 Å². The number of nitrogens with zero attached hydrogens (tertiary/aromatic N) is 1. The number of nitrogens with two attached hydrogens (primary N) is 1. The second kappa shape index (κ2) is 5.75. The van der Waals surface area contributed by atoms with E-state index in [0.29, 0.717) is 18.0 Å². The zero-order chi connectivity index (χ0) is 13.1. The van der Waals surface area contributed by atoms with Crippen molar-refractivity contribution in [3.63, 3.8) is 0 Å². The Morgan fingerprint density at radius 2 is 2.06 bits per heavy atom. The first kappa shape index (κ1) is 13.4. The fraction of sp³-hybridized carbons (Fsp3) is 0.625. The van der Waals surface area contributed by atoms with Crippen molar-refractivity contribution in [1.82, 2.24) is 0 Å². The molecule has 0 saturated carbocycles. The second-order valence-corrected chi connectivity index (χ2v) is 5.91. The molecule has 18 heavy (non-hydrogen) atoms. The molecule has 0 radical (unpaired) electrons. The summed E-state index contributed by atoms with van der Waals surface area (Å²) < 4.78 is 0. The Morgan fingerprint density at radius 1 is 1.33 bits per heavy atom. The Balaban J connectivity index is 2.07. The van der Waals surface area contributed by atoms with Crippen LogP contribution in [0.25, 0.3) is 0 Å². The van der Waals surface area contributed by atoms with Gasteiger partial charge in [-0.2, -0.15) is 0 Å². The summed E-state index contributed by atoms with van der Waals surface area (Å²) in [6.45, 7) is 7.82. The normalized spacial score (nSPS) is 20.9. The number of para-hydroxylation sites is 1. The topological polar surface area (TPSA) is 29.3 Å². The predicted molar refractivity (Wildman–Crippen MR) is 79.0 cm³/mol. The van der Waals surface area contributed by atoms with E-state index in [9.17, 15) is 0 Å². The Kier molecular flexibility index (Phi) is 4.28. The van der Waals surface area contributed by atoms with Crippen LogP contribution >= 0.6 is 0 Å². The summed E-state index contributed by atoms with van der Waals surface area (Å²) in [6, 6.07) is 9.76. The molecule has 2 nitrogen and oxygen atoms in total. The van der Waals surface area contributed by atoms with E-state index >= 15 is 0 Å². The van der Waals surface area contributed by atoms with Gasteiger partial charge in [0.1, 0.15) is 0 Å². The number of hydrogen-bond donors (Lipinski definition) is 1. The van der Waals surface area contributed by atoms with Crippen molar-refractivity contribution < 1.29 is 0 Å². The highest BCUT2D eigenvalue weighted by atomic mass is 15.2. The fourth-order valence-corrected chi connectivity index (χ4v) is 2.72. The quantitative estimate of drug-likeness (QED) is 0.884. The van der Waals surface area contributed by atoms with Gasteiger partial charge in [0.25, 0.3) is 0 Å². The van der Waals surface area contributed by atoms with Crippen molar-refractivity contribution in [3.05, 3.63) is 29.8 Å². The van der Waals surface area contributed by atoms with Crippen molar-refractivity contribution in [2.24, 2.45) is 11.7 Å². The van der Waals surface area contributed by atoms with E-state index in [1.165, 1.54) is 24.1 Å². The van der Waals surface area contributed by atoms with Crippen molar-refractivity contribution in [1.29, 1.82) is 0 Å². The minimum atomic E-state index is 0.311. The Bertz CT molecular complexity index is 386. The molecule has 2 N–H and O–H groups in total. The lowest BCUT2D eigenvalue weighted by Gasteiger charge is -2.38. The van der Waals surface area contributed by atoms with Crippen LogP contribution in [0.2, 0.25) is 0 Å². The highest BCUT2D eigenvalue weighted by molar-refractivity contribution is 5.56. The molecule has 2 atom stereocenters. The van der Waals surface area contributed by atoms with Gasteiger partial charge >= 0.3 is 0 Å². The largest absolute Gasteiger partial charge is 0.369 e. The molecule has 100 valence electrons. The molecule has 1 aliphatic rings. The zero-order valence-electron chi connectivity index (χ0n) is 11.9. The van der Waals surface area contributed by atoms with Crippen LogP contribution in [0.3, 0.4) is 0 Å². The molecule has 0 bridgehead atoms. The molecule has 0 aromatic heterocycles. The van der Waals surface area contributed by atoms with Gasteiger partial charge in [0.05, 0.1) is 0 Å². The standard InChI is InChI=1S/C16H26N2/c1-12(2)15(17)10-11-18-13(3)8-9-14-6-4-5-7-16(14)18/h4-7,12-13,15H,8-11,17H2,1-3H3. The van der Waals surface area contributed by atoms with Crippen LogP contribution in [0, 0.1) is 5.92 Å². The van der Waals surface area contributed by atoms with Gasteiger partial charge in [0.15, 0.2) is 0 Å². The number of hydrogen-bond acceptors (Lipinski definition) is 2. The number of aryl methyl sites for hydroxylation is 1. The van der Waals surface area contributed by atoms with E-state index in [1.807, 2.05) is 0 Å². The number of fused-ring (bicyclic) bond motifs is 1. The van der Waals surface area contributed by atoms with Gasteiger partial charge in [-0.25, -0.2) is 0 Å². The van der Waals surface area contributed by atoms with Crippen molar-refractivity contribution in [3.8, 4) is 0 Å². The summed E-state index contributed by atoms with van der Waals surface area (Å²) in [6.07, 6.45) is 3.55. The number of benzene rings is 1.